The molecule has 1 N–H and O–H groups in total. The number of aryl methyl sites for hydroxylation is 1. The third kappa shape index (κ3) is 3.87. The molecule has 2 heterocycles. The standard InChI is InChI=1S/C22H26N4O2/c1-16-6-4-7-18(14-16)22-24-23-21(28-22)17(2)25-10-12-26(13-11-25)19-8-5-9-20(15-19)27-3/h4-9,14-15,17H,10-13H2,1-3H3/p+1/t17-/m1/s1. The number of piperazine rings is 1. The molecular formula is C22H27N4O2+. The van der Waals surface area contributed by atoms with Gasteiger partial charge in [0.15, 0.2) is 6.04 Å². The quantitative estimate of drug-likeness (QED) is 0.738. The molecule has 0 spiro atoms. The summed E-state index contributed by atoms with van der Waals surface area (Å²) in [6.07, 6.45) is 0. The second-order valence-electron chi connectivity index (χ2n) is 7.38. The van der Waals surface area contributed by atoms with Gasteiger partial charge in [0.25, 0.3) is 5.89 Å². The predicted molar refractivity (Wildman–Crippen MR) is 109 cm³/mol. The third-order valence-corrected chi connectivity index (χ3v) is 5.51. The zero-order valence-corrected chi connectivity index (χ0v) is 16.7. The van der Waals surface area contributed by atoms with Gasteiger partial charge in [-0.1, -0.05) is 23.8 Å². The molecule has 0 radical (unpaired) electrons. The summed E-state index contributed by atoms with van der Waals surface area (Å²) < 4.78 is 11.4. The number of benzene rings is 2. The number of hydrogen-bond donors (Lipinski definition) is 1. The molecule has 1 aromatic heterocycles. The Morgan fingerprint density at radius 2 is 1.86 bits per heavy atom. The van der Waals surface area contributed by atoms with Crippen LogP contribution in [-0.4, -0.2) is 43.5 Å². The fraction of sp³-hybridized carbons (Fsp3) is 0.364. The van der Waals surface area contributed by atoms with E-state index in [2.05, 4.69) is 53.2 Å². The second kappa shape index (κ2) is 8.02. The van der Waals surface area contributed by atoms with Gasteiger partial charge in [-0.2, -0.15) is 0 Å². The molecule has 6 heteroatoms. The smallest absolute Gasteiger partial charge is 0.274 e. The van der Waals surface area contributed by atoms with E-state index in [0.29, 0.717) is 11.8 Å². The van der Waals surface area contributed by atoms with E-state index in [1.165, 1.54) is 16.2 Å². The number of quaternary nitrogens is 1. The maximum absolute atomic E-state index is 6.01. The van der Waals surface area contributed by atoms with E-state index in [9.17, 15) is 0 Å². The van der Waals surface area contributed by atoms with E-state index >= 15 is 0 Å². The SMILES string of the molecule is COc1cccc(N2CC[NH+]([C@H](C)c3nnc(-c4cccc(C)c4)o3)CC2)c1. The highest BCUT2D eigenvalue weighted by Crippen LogP contribution is 2.22. The zero-order valence-electron chi connectivity index (χ0n) is 16.7. The van der Waals surface area contributed by atoms with Gasteiger partial charge in [-0.15, -0.1) is 10.2 Å². The molecule has 1 atom stereocenters. The van der Waals surface area contributed by atoms with Crippen molar-refractivity contribution >= 4 is 5.69 Å². The Labute approximate surface area is 165 Å². The summed E-state index contributed by atoms with van der Waals surface area (Å²) in [5.41, 5.74) is 3.37. The zero-order chi connectivity index (χ0) is 19.5. The molecule has 28 heavy (non-hydrogen) atoms. The van der Waals surface area contributed by atoms with E-state index in [-0.39, 0.29) is 6.04 Å². The normalized spacial score (nSPS) is 16.2. The van der Waals surface area contributed by atoms with Crippen LogP contribution in [0.3, 0.4) is 0 Å². The van der Waals surface area contributed by atoms with Crippen LogP contribution in [-0.2, 0) is 0 Å². The number of aromatic nitrogens is 2. The van der Waals surface area contributed by atoms with Gasteiger partial charge in [0, 0.05) is 17.3 Å². The van der Waals surface area contributed by atoms with Crippen LogP contribution in [0.25, 0.3) is 11.5 Å². The second-order valence-corrected chi connectivity index (χ2v) is 7.38. The van der Waals surface area contributed by atoms with Crippen molar-refractivity contribution < 1.29 is 14.1 Å². The summed E-state index contributed by atoms with van der Waals surface area (Å²) in [7, 11) is 1.71. The number of nitrogens with zero attached hydrogens (tertiary/aromatic N) is 3. The molecule has 0 amide bonds. The number of ether oxygens (including phenoxy) is 1. The van der Waals surface area contributed by atoms with Crippen LogP contribution >= 0.6 is 0 Å². The summed E-state index contributed by atoms with van der Waals surface area (Å²) in [4.78, 5) is 3.88. The number of hydrogen-bond acceptors (Lipinski definition) is 5. The molecular weight excluding hydrogens is 352 g/mol. The Kier molecular flexibility index (Phi) is 5.30. The van der Waals surface area contributed by atoms with Gasteiger partial charge in [-0.25, -0.2) is 0 Å². The molecule has 146 valence electrons. The topological polar surface area (TPSA) is 55.8 Å². The lowest BCUT2D eigenvalue weighted by Gasteiger charge is -2.35. The first kappa shape index (κ1) is 18.5. The molecule has 3 aromatic rings. The van der Waals surface area contributed by atoms with Gasteiger partial charge < -0.3 is 19.0 Å². The van der Waals surface area contributed by atoms with Crippen molar-refractivity contribution in [3.8, 4) is 17.2 Å². The summed E-state index contributed by atoms with van der Waals surface area (Å²) in [6.45, 7) is 8.28. The molecule has 1 aliphatic heterocycles. The maximum atomic E-state index is 6.01. The van der Waals surface area contributed by atoms with Crippen LogP contribution in [0.1, 0.15) is 24.4 Å². The molecule has 0 aliphatic carbocycles. The Balaban J connectivity index is 1.41. The Bertz CT molecular complexity index is 932. The molecule has 0 unspecified atom stereocenters. The van der Waals surface area contributed by atoms with Crippen molar-refractivity contribution in [2.45, 2.75) is 19.9 Å². The largest absolute Gasteiger partial charge is 0.497 e. The molecule has 1 aliphatic rings. The Hall–Kier alpha value is -2.86. The highest BCUT2D eigenvalue weighted by atomic mass is 16.5. The van der Waals surface area contributed by atoms with Crippen molar-refractivity contribution in [2.24, 2.45) is 0 Å². The summed E-state index contributed by atoms with van der Waals surface area (Å²) in [5.74, 6) is 2.21. The average Bonchev–Trinajstić information content (AvgIpc) is 3.24. The minimum absolute atomic E-state index is 0.179. The number of rotatable bonds is 5. The van der Waals surface area contributed by atoms with Gasteiger partial charge in [0.1, 0.15) is 5.75 Å². The van der Waals surface area contributed by atoms with Gasteiger partial charge >= 0.3 is 0 Å². The van der Waals surface area contributed by atoms with E-state index < -0.39 is 0 Å². The maximum Gasteiger partial charge on any atom is 0.274 e. The molecule has 6 nitrogen and oxygen atoms in total. The van der Waals surface area contributed by atoms with E-state index in [1.807, 2.05) is 24.3 Å². The molecule has 1 saturated heterocycles. The van der Waals surface area contributed by atoms with Gasteiger partial charge in [-0.3, -0.25) is 0 Å². The Morgan fingerprint density at radius 1 is 1.07 bits per heavy atom. The molecule has 2 aromatic carbocycles. The first-order chi connectivity index (χ1) is 13.6. The fourth-order valence-corrected chi connectivity index (χ4v) is 3.77. The Morgan fingerprint density at radius 3 is 2.61 bits per heavy atom. The highest BCUT2D eigenvalue weighted by Gasteiger charge is 2.29. The highest BCUT2D eigenvalue weighted by molar-refractivity contribution is 5.53. The van der Waals surface area contributed by atoms with Crippen molar-refractivity contribution in [1.82, 2.24) is 10.2 Å². The van der Waals surface area contributed by atoms with Crippen LogP contribution < -0.4 is 14.5 Å². The summed E-state index contributed by atoms with van der Waals surface area (Å²) in [6, 6.07) is 16.6. The van der Waals surface area contributed by atoms with Crippen LogP contribution in [0.2, 0.25) is 0 Å². The minimum Gasteiger partial charge on any atom is -0.497 e. The van der Waals surface area contributed by atoms with E-state index in [1.54, 1.807) is 7.11 Å². The van der Waals surface area contributed by atoms with Crippen molar-refractivity contribution in [2.75, 3.05) is 38.2 Å². The lowest BCUT2D eigenvalue weighted by atomic mass is 10.1. The van der Waals surface area contributed by atoms with Crippen molar-refractivity contribution in [1.29, 1.82) is 0 Å². The summed E-state index contributed by atoms with van der Waals surface area (Å²) in [5, 5.41) is 8.60. The molecule has 0 saturated carbocycles. The van der Waals surface area contributed by atoms with Crippen LogP contribution in [0.15, 0.2) is 52.9 Å². The third-order valence-electron chi connectivity index (χ3n) is 5.51. The number of anilines is 1. The first-order valence-electron chi connectivity index (χ1n) is 9.78. The minimum atomic E-state index is 0.179. The lowest BCUT2D eigenvalue weighted by Crippen LogP contribution is -3.14. The number of methoxy groups -OCH3 is 1. The lowest BCUT2D eigenvalue weighted by molar-refractivity contribution is -0.931. The van der Waals surface area contributed by atoms with Gasteiger partial charge in [-0.05, 0) is 38.1 Å². The first-order valence-corrected chi connectivity index (χ1v) is 9.78. The van der Waals surface area contributed by atoms with Crippen LogP contribution in [0.4, 0.5) is 5.69 Å². The summed E-state index contributed by atoms with van der Waals surface area (Å²) >= 11 is 0. The van der Waals surface area contributed by atoms with E-state index in [4.69, 9.17) is 9.15 Å². The van der Waals surface area contributed by atoms with Gasteiger partial charge in [0.05, 0.1) is 33.3 Å². The van der Waals surface area contributed by atoms with Crippen LogP contribution in [0, 0.1) is 6.92 Å². The van der Waals surface area contributed by atoms with Crippen LogP contribution in [0.5, 0.6) is 5.75 Å². The van der Waals surface area contributed by atoms with E-state index in [0.717, 1.165) is 37.5 Å². The molecule has 0 bridgehead atoms. The molecule has 4 rings (SSSR count). The van der Waals surface area contributed by atoms with Gasteiger partial charge in [0.2, 0.25) is 5.89 Å². The predicted octanol–water partition coefficient (Wildman–Crippen LogP) is 2.52. The van der Waals surface area contributed by atoms with Crippen molar-refractivity contribution in [3.05, 3.63) is 60.0 Å². The molecule has 1 fully saturated rings. The fourth-order valence-electron chi connectivity index (χ4n) is 3.77. The van der Waals surface area contributed by atoms with Crippen molar-refractivity contribution in [3.63, 3.8) is 0 Å². The number of nitrogens with one attached hydrogen (secondary N) is 1. The monoisotopic (exact) mass is 379 g/mol. The average molecular weight is 379 g/mol.